The van der Waals surface area contributed by atoms with Crippen LogP contribution in [0.3, 0.4) is 0 Å². The molecule has 0 heterocycles. The van der Waals surface area contributed by atoms with Crippen LogP contribution in [0.25, 0.3) is 0 Å². The number of para-hydroxylation sites is 2. The molecule has 0 aliphatic carbocycles. The van der Waals surface area contributed by atoms with Crippen molar-refractivity contribution < 1.29 is 0 Å². The van der Waals surface area contributed by atoms with Gasteiger partial charge in [-0.25, -0.2) is 0 Å². The number of isothiocyanates is 2. The van der Waals surface area contributed by atoms with Gasteiger partial charge in [0.1, 0.15) is 0 Å². The van der Waals surface area contributed by atoms with Gasteiger partial charge in [0.2, 0.25) is 0 Å². The van der Waals surface area contributed by atoms with Crippen LogP contribution in [0.1, 0.15) is 0 Å². The molecule has 2 rings (SSSR count). The summed E-state index contributed by atoms with van der Waals surface area (Å²) in [4.78, 5) is 10.1. The minimum absolute atomic E-state index is 0.795. The maximum Gasteiger partial charge on any atom is 0.0878 e. The minimum Gasteiger partial charge on any atom is -0.194 e. The Morgan fingerprint density at radius 1 is 0.737 bits per heavy atom. The molecule has 0 saturated carbocycles. The largest absolute Gasteiger partial charge is 0.194 e. The standard InChI is InChI=1S/C14H8N2S3/c17-9-15-11-5-1-3-7-13(11)19-14-8-4-2-6-12(14)16-10-18/h1-8H. The van der Waals surface area contributed by atoms with Crippen LogP contribution in [0, 0.1) is 0 Å². The summed E-state index contributed by atoms with van der Waals surface area (Å²) in [5.74, 6) is 0. The first-order valence-corrected chi connectivity index (χ1v) is 7.00. The van der Waals surface area contributed by atoms with Crippen LogP contribution >= 0.6 is 36.2 Å². The normalized spacial score (nSPS) is 9.26. The van der Waals surface area contributed by atoms with Crippen LogP contribution < -0.4 is 0 Å². The summed E-state index contributed by atoms with van der Waals surface area (Å²) < 4.78 is 0. The third-order valence-corrected chi connectivity index (χ3v) is 3.60. The molecule has 2 nitrogen and oxygen atoms in total. The molecule has 0 aromatic heterocycles. The predicted molar refractivity (Wildman–Crippen MR) is 86.4 cm³/mol. The molecule has 92 valence electrons. The highest BCUT2D eigenvalue weighted by Crippen LogP contribution is 2.39. The Bertz CT molecular complexity index is 625. The van der Waals surface area contributed by atoms with E-state index < -0.39 is 0 Å². The second kappa shape index (κ2) is 7.10. The van der Waals surface area contributed by atoms with Gasteiger partial charge in [0.05, 0.1) is 21.7 Å². The van der Waals surface area contributed by atoms with Crippen molar-refractivity contribution in [2.24, 2.45) is 9.98 Å². The number of benzene rings is 2. The molecule has 0 spiro atoms. The smallest absolute Gasteiger partial charge is 0.0878 e. The van der Waals surface area contributed by atoms with Crippen molar-refractivity contribution in [3.05, 3.63) is 48.5 Å². The molecule has 0 atom stereocenters. The lowest BCUT2D eigenvalue weighted by molar-refractivity contribution is 1.34. The highest BCUT2D eigenvalue weighted by molar-refractivity contribution is 7.99. The van der Waals surface area contributed by atoms with Crippen LogP contribution in [-0.4, -0.2) is 10.3 Å². The van der Waals surface area contributed by atoms with Gasteiger partial charge >= 0.3 is 0 Å². The van der Waals surface area contributed by atoms with E-state index in [0.717, 1.165) is 21.2 Å². The van der Waals surface area contributed by atoms with Crippen molar-refractivity contribution in [3.8, 4) is 0 Å². The molecular formula is C14H8N2S3. The van der Waals surface area contributed by atoms with Crippen LogP contribution in [0.4, 0.5) is 11.4 Å². The van der Waals surface area contributed by atoms with Crippen molar-refractivity contribution in [3.63, 3.8) is 0 Å². The van der Waals surface area contributed by atoms with Crippen LogP contribution in [0.5, 0.6) is 0 Å². The van der Waals surface area contributed by atoms with Gasteiger partial charge in [0.25, 0.3) is 0 Å². The zero-order valence-electron chi connectivity index (χ0n) is 9.74. The fourth-order valence-electron chi connectivity index (χ4n) is 1.49. The van der Waals surface area contributed by atoms with Gasteiger partial charge in [-0.1, -0.05) is 36.0 Å². The topological polar surface area (TPSA) is 24.7 Å². The van der Waals surface area contributed by atoms with E-state index in [-0.39, 0.29) is 0 Å². The van der Waals surface area contributed by atoms with E-state index in [1.54, 1.807) is 11.8 Å². The van der Waals surface area contributed by atoms with E-state index in [4.69, 9.17) is 0 Å². The van der Waals surface area contributed by atoms with Crippen molar-refractivity contribution in [2.75, 3.05) is 0 Å². The highest BCUT2D eigenvalue weighted by atomic mass is 32.2. The summed E-state index contributed by atoms with van der Waals surface area (Å²) in [5.41, 5.74) is 1.59. The number of hydrogen-bond acceptors (Lipinski definition) is 5. The lowest BCUT2D eigenvalue weighted by Crippen LogP contribution is -1.76. The second-order valence-corrected chi connectivity index (χ2v) is 4.89. The molecule has 0 radical (unpaired) electrons. The molecule has 2 aromatic rings. The summed E-state index contributed by atoms with van der Waals surface area (Å²) in [7, 11) is 0. The molecule has 0 N–H and O–H groups in total. The number of hydrogen-bond donors (Lipinski definition) is 0. The predicted octanol–water partition coefficient (Wildman–Crippen LogP) is 5.31. The molecule has 5 heteroatoms. The molecule has 0 fully saturated rings. The van der Waals surface area contributed by atoms with E-state index >= 15 is 0 Å². The van der Waals surface area contributed by atoms with E-state index in [0.29, 0.717) is 0 Å². The summed E-state index contributed by atoms with van der Waals surface area (Å²) in [5, 5.41) is 4.78. The van der Waals surface area contributed by atoms with Crippen molar-refractivity contribution >= 4 is 57.9 Å². The third-order valence-electron chi connectivity index (χ3n) is 2.28. The lowest BCUT2D eigenvalue weighted by Gasteiger charge is -2.06. The Balaban J connectivity index is 2.41. The summed E-state index contributed by atoms with van der Waals surface area (Å²) in [6.07, 6.45) is 0. The Morgan fingerprint density at radius 3 is 1.58 bits per heavy atom. The molecule has 0 amide bonds. The van der Waals surface area contributed by atoms with Gasteiger partial charge in [-0.2, -0.15) is 9.98 Å². The molecule has 0 saturated heterocycles. The highest BCUT2D eigenvalue weighted by Gasteiger charge is 2.06. The van der Waals surface area contributed by atoms with Gasteiger partial charge in [-0.3, -0.25) is 0 Å². The zero-order chi connectivity index (χ0) is 13.5. The maximum absolute atomic E-state index is 4.66. The molecular weight excluding hydrogens is 292 g/mol. The second-order valence-electron chi connectivity index (χ2n) is 3.44. The summed E-state index contributed by atoms with van der Waals surface area (Å²) in [6.45, 7) is 0. The first-order valence-electron chi connectivity index (χ1n) is 5.37. The Labute approximate surface area is 126 Å². The minimum atomic E-state index is 0.795. The van der Waals surface area contributed by atoms with Crippen molar-refractivity contribution in [1.29, 1.82) is 0 Å². The number of aliphatic imine (C=N–C) groups is 2. The molecule has 2 aromatic carbocycles. The summed E-state index contributed by atoms with van der Waals surface area (Å²) in [6, 6.07) is 15.5. The van der Waals surface area contributed by atoms with Gasteiger partial charge < -0.3 is 0 Å². The van der Waals surface area contributed by atoms with E-state index in [2.05, 4.69) is 44.7 Å². The quantitative estimate of drug-likeness (QED) is 0.565. The zero-order valence-corrected chi connectivity index (χ0v) is 12.2. The molecule has 0 bridgehead atoms. The molecule has 19 heavy (non-hydrogen) atoms. The van der Waals surface area contributed by atoms with Crippen molar-refractivity contribution in [2.45, 2.75) is 9.79 Å². The fraction of sp³-hybridized carbons (Fsp3) is 0. The van der Waals surface area contributed by atoms with E-state index in [1.807, 2.05) is 48.5 Å². The Hall–Kier alpha value is -1.61. The number of nitrogens with zero attached hydrogens (tertiary/aromatic N) is 2. The van der Waals surface area contributed by atoms with E-state index in [9.17, 15) is 0 Å². The Morgan fingerprint density at radius 2 is 1.16 bits per heavy atom. The average Bonchev–Trinajstić information content (AvgIpc) is 2.44. The fourth-order valence-corrected chi connectivity index (χ4v) is 2.65. The van der Waals surface area contributed by atoms with Crippen LogP contribution in [-0.2, 0) is 0 Å². The molecule has 0 aliphatic heterocycles. The average molecular weight is 300 g/mol. The monoisotopic (exact) mass is 300 g/mol. The lowest BCUT2D eigenvalue weighted by atomic mass is 10.3. The number of thiocarbonyl (C=S) groups is 2. The Kier molecular flexibility index (Phi) is 5.16. The SMILES string of the molecule is S=C=Nc1ccccc1Sc1ccccc1N=C=S. The molecule has 0 unspecified atom stereocenters. The first kappa shape index (κ1) is 13.8. The summed E-state index contributed by atoms with van der Waals surface area (Å²) >= 11 is 10.9. The molecule has 0 aliphatic rings. The van der Waals surface area contributed by atoms with Gasteiger partial charge in [-0.05, 0) is 48.7 Å². The van der Waals surface area contributed by atoms with Gasteiger partial charge in [0.15, 0.2) is 0 Å². The maximum atomic E-state index is 4.66. The van der Waals surface area contributed by atoms with Crippen LogP contribution in [0.2, 0.25) is 0 Å². The number of rotatable bonds is 4. The first-order chi connectivity index (χ1) is 9.35. The van der Waals surface area contributed by atoms with Gasteiger partial charge in [0, 0.05) is 9.79 Å². The van der Waals surface area contributed by atoms with Crippen molar-refractivity contribution in [1.82, 2.24) is 0 Å². The van der Waals surface area contributed by atoms with Gasteiger partial charge in [-0.15, -0.1) is 0 Å². The van der Waals surface area contributed by atoms with E-state index in [1.165, 1.54) is 0 Å². The third kappa shape index (κ3) is 3.67. The van der Waals surface area contributed by atoms with Crippen LogP contribution in [0.15, 0.2) is 68.3 Å².